The summed E-state index contributed by atoms with van der Waals surface area (Å²) in [5.74, 6) is -0.205. The number of cyclic esters (lactones) is 1. The number of rotatable bonds is 4. The quantitative estimate of drug-likeness (QED) is 0.625. The van der Waals surface area contributed by atoms with E-state index in [4.69, 9.17) is 9.47 Å². The van der Waals surface area contributed by atoms with Gasteiger partial charge >= 0.3 is 11.9 Å². The van der Waals surface area contributed by atoms with Crippen molar-refractivity contribution in [3.05, 3.63) is 52.2 Å². The number of hydrogen-bond acceptors (Lipinski definition) is 4. The lowest BCUT2D eigenvalue weighted by Crippen LogP contribution is -2.00. The van der Waals surface area contributed by atoms with E-state index in [1.165, 1.54) is 6.92 Å². The van der Waals surface area contributed by atoms with Gasteiger partial charge in [-0.1, -0.05) is 28.1 Å². The Bertz CT molecular complexity index is 584. The lowest BCUT2D eigenvalue weighted by Gasteiger charge is -1.99. The molecule has 2 rings (SSSR count). The molecule has 4 nitrogen and oxygen atoms in total. The topological polar surface area (TPSA) is 52.6 Å². The van der Waals surface area contributed by atoms with Gasteiger partial charge in [0.15, 0.2) is 0 Å². The van der Waals surface area contributed by atoms with Gasteiger partial charge in [0.25, 0.3) is 0 Å². The average Bonchev–Trinajstić information content (AvgIpc) is 2.77. The molecule has 1 aromatic carbocycles. The Morgan fingerprint density at radius 1 is 1.35 bits per heavy atom. The molecular weight excluding hydrogens is 324 g/mol. The highest BCUT2D eigenvalue weighted by Crippen LogP contribution is 2.27. The van der Waals surface area contributed by atoms with Crippen LogP contribution in [0, 0.1) is 0 Å². The maximum atomic E-state index is 11.8. The van der Waals surface area contributed by atoms with Crippen LogP contribution < -0.4 is 0 Å². The maximum absolute atomic E-state index is 11.8. The molecule has 5 heteroatoms. The third kappa shape index (κ3) is 3.81. The van der Waals surface area contributed by atoms with Crippen LogP contribution in [0.1, 0.15) is 18.9 Å². The molecule has 0 N–H and O–H groups in total. The zero-order chi connectivity index (χ0) is 14.5. The summed E-state index contributed by atoms with van der Waals surface area (Å²) in [6, 6.07) is 7.43. The Morgan fingerprint density at radius 2 is 2.05 bits per heavy atom. The molecule has 0 radical (unpaired) electrons. The molecule has 20 heavy (non-hydrogen) atoms. The molecule has 0 aliphatic carbocycles. The van der Waals surface area contributed by atoms with Gasteiger partial charge in [-0.25, -0.2) is 4.79 Å². The average molecular weight is 337 g/mol. The Balaban J connectivity index is 2.05. The van der Waals surface area contributed by atoms with Gasteiger partial charge in [0.05, 0.1) is 12.2 Å². The Kier molecular flexibility index (Phi) is 4.74. The highest BCUT2D eigenvalue weighted by Gasteiger charge is 2.22. The molecule has 0 saturated carbocycles. The van der Waals surface area contributed by atoms with Crippen molar-refractivity contribution in [1.29, 1.82) is 0 Å². The molecule has 0 aromatic heterocycles. The molecule has 1 aliphatic heterocycles. The van der Waals surface area contributed by atoms with Gasteiger partial charge in [-0.2, -0.15) is 0 Å². The smallest absolute Gasteiger partial charge is 0.344 e. The molecule has 0 spiro atoms. The van der Waals surface area contributed by atoms with Gasteiger partial charge in [0, 0.05) is 17.8 Å². The van der Waals surface area contributed by atoms with Crippen LogP contribution in [0.5, 0.6) is 0 Å². The Morgan fingerprint density at radius 3 is 2.70 bits per heavy atom. The number of ether oxygens (including phenoxy) is 2. The third-order valence-electron chi connectivity index (χ3n) is 2.64. The first kappa shape index (κ1) is 14.5. The minimum atomic E-state index is -0.369. The maximum Gasteiger partial charge on any atom is 0.344 e. The lowest BCUT2D eigenvalue weighted by molar-refractivity contribution is -0.140. The summed E-state index contributed by atoms with van der Waals surface area (Å²) in [7, 11) is 0. The lowest BCUT2D eigenvalue weighted by atomic mass is 10.1. The van der Waals surface area contributed by atoms with E-state index < -0.39 is 0 Å². The molecule has 1 heterocycles. The minimum absolute atomic E-state index is 0.276. The number of allylic oxidation sites excluding steroid dienone is 1. The van der Waals surface area contributed by atoms with Crippen molar-refractivity contribution in [3.63, 3.8) is 0 Å². The monoisotopic (exact) mass is 336 g/mol. The second-order valence-corrected chi connectivity index (χ2v) is 5.11. The van der Waals surface area contributed by atoms with E-state index in [-0.39, 0.29) is 18.5 Å². The molecule has 0 amide bonds. The highest BCUT2D eigenvalue weighted by atomic mass is 79.9. The molecule has 0 unspecified atom stereocenters. The first-order valence-corrected chi connectivity index (χ1v) is 6.89. The van der Waals surface area contributed by atoms with Crippen LogP contribution in [-0.4, -0.2) is 18.5 Å². The molecule has 104 valence electrons. The van der Waals surface area contributed by atoms with Crippen LogP contribution in [0.3, 0.4) is 0 Å². The van der Waals surface area contributed by atoms with Crippen LogP contribution in [0.15, 0.2) is 46.6 Å². The third-order valence-corrected chi connectivity index (χ3v) is 3.17. The fraction of sp³-hybridized carbons (Fsp3) is 0.200. The summed E-state index contributed by atoms with van der Waals surface area (Å²) in [5.41, 5.74) is 1.33. The van der Waals surface area contributed by atoms with E-state index in [1.54, 1.807) is 12.2 Å². The molecule has 1 aliphatic rings. The molecule has 1 aromatic rings. The zero-order valence-electron chi connectivity index (χ0n) is 10.9. The van der Waals surface area contributed by atoms with Crippen molar-refractivity contribution in [3.8, 4) is 0 Å². The van der Waals surface area contributed by atoms with Gasteiger partial charge in [0.2, 0.25) is 0 Å². The Hall–Kier alpha value is -1.88. The summed E-state index contributed by atoms with van der Waals surface area (Å²) >= 11 is 3.35. The van der Waals surface area contributed by atoms with E-state index in [1.807, 2.05) is 24.3 Å². The number of carbonyl (C=O) groups is 2. The highest BCUT2D eigenvalue weighted by molar-refractivity contribution is 9.10. The normalized spacial score (nSPS) is 16.0. The minimum Gasteiger partial charge on any atom is -0.466 e. The largest absolute Gasteiger partial charge is 0.466 e. The van der Waals surface area contributed by atoms with Crippen molar-refractivity contribution < 1.29 is 19.1 Å². The zero-order valence-corrected chi connectivity index (χ0v) is 12.5. The standard InChI is InChI=1S/C15H13BrO4/c1-10(17)19-8-2-3-13-9-14(15(18)20-13)11-4-6-12(16)7-5-11/h3-7,9H,2,8H2,1H3/b13-3-. The van der Waals surface area contributed by atoms with E-state index in [9.17, 15) is 9.59 Å². The van der Waals surface area contributed by atoms with Crippen molar-refractivity contribution in [2.45, 2.75) is 13.3 Å². The first-order valence-electron chi connectivity index (χ1n) is 6.09. The first-order chi connectivity index (χ1) is 9.56. The molecular formula is C15H13BrO4. The summed E-state index contributed by atoms with van der Waals surface area (Å²) in [4.78, 5) is 22.4. The fourth-order valence-electron chi connectivity index (χ4n) is 1.73. The fourth-order valence-corrected chi connectivity index (χ4v) is 1.99. The summed E-state index contributed by atoms with van der Waals surface area (Å²) in [5, 5.41) is 0. The predicted octanol–water partition coefficient (Wildman–Crippen LogP) is 3.23. The second-order valence-electron chi connectivity index (χ2n) is 4.19. The van der Waals surface area contributed by atoms with Gasteiger partial charge in [-0.15, -0.1) is 0 Å². The van der Waals surface area contributed by atoms with Crippen molar-refractivity contribution in [2.75, 3.05) is 6.61 Å². The molecule has 0 saturated heterocycles. The van der Waals surface area contributed by atoms with Gasteiger partial charge < -0.3 is 9.47 Å². The van der Waals surface area contributed by atoms with Gasteiger partial charge in [-0.05, 0) is 29.8 Å². The second kappa shape index (κ2) is 6.52. The van der Waals surface area contributed by atoms with Gasteiger partial charge in [0.1, 0.15) is 5.76 Å². The van der Waals surface area contributed by atoms with Crippen molar-refractivity contribution in [1.82, 2.24) is 0 Å². The van der Waals surface area contributed by atoms with Crippen LogP contribution in [-0.2, 0) is 19.1 Å². The number of esters is 2. The van der Waals surface area contributed by atoms with Crippen LogP contribution in [0.2, 0.25) is 0 Å². The molecule has 0 atom stereocenters. The number of benzene rings is 1. The Labute approximate surface area is 125 Å². The van der Waals surface area contributed by atoms with E-state index in [2.05, 4.69) is 15.9 Å². The van der Waals surface area contributed by atoms with Crippen LogP contribution >= 0.6 is 15.9 Å². The summed E-state index contributed by atoms with van der Waals surface area (Å²) < 4.78 is 10.9. The van der Waals surface area contributed by atoms with Crippen molar-refractivity contribution in [2.24, 2.45) is 0 Å². The number of halogens is 1. The SMILES string of the molecule is CC(=O)OCC/C=C1/C=C(c2ccc(Br)cc2)C(=O)O1. The van der Waals surface area contributed by atoms with Crippen molar-refractivity contribution >= 4 is 33.4 Å². The van der Waals surface area contributed by atoms with Gasteiger partial charge in [-0.3, -0.25) is 4.79 Å². The van der Waals surface area contributed by atoms with Crippen LogP contribution in [0.25, 0.3) is 5.57 Å². The van der Waals surface area contributed by atoms with E-state index in [0.29, 0.717) is 17.8 Å². The summed E-state index contributed by atoms with van der Waals surface area (Å²) in [6.07, 6.45) is 3.93. The van der Waals surface area contributed by atoms with Crippen LogP contribution in [0.4, 0.5) is 0 Å². The number of hydrogen-bond donors (Lipinski definition) is 0. The number of carbonyl (C=O) groups excluding carboxylic acids is 2. The van der Waals surface area contributed by atoms with E-state index in [0.717, 1.165) is 10.0 Å². The molecule has 0 bridgehead atoms. The van der Waals surface area contributed by atoms with E-state index >= 15 is 0 Å². The molecule has 0 fully saturated rings. The predicted molar refractivity (Wildman–Crippen MR) is 77.5 cm³/mol. The summed E-state index contributed by atoms with van der Waals surface area (Å²) in [6.45, 7) is 1.63.